The van der Waals surface area contributed by atoms with Crippen LogP contribution >= 0.6 is 23.2 Å². The van der Waals surface area contributed by atoms with Crippen molar-refractivity contribution in [1.29, 1.82) is 0 Å². The molecule has 1 fully saturated rings. The standard InChI is InChI=1S/C37H40Cl2N8O5/c1-37(2,3)31-21-33(46(43-31)16-15-44-17-19-50-20-18-44)47(51-23-48)36(49)40-29-12-13-30(26-8-5-4-7-25(26)29)52-24-11-14-32-41-42-35(45(32)22-24)34-27(38)9-6-10-28(34)39/h4-11,14,21-23,29-30H,12-13,15-20H2,1-3H3,(H,40,49)/t29-,30+/m0/s1. The normalized spacial score (nSPS) is 17.8. The number of aromatic nitrogens is 5. The molecule has 2 atom stereocenters. The molecule has 0 bridgehead atoms. The van der Waals surface area contributed by atoms with Gasteiger partial charge in [-0.05, 0) is 48.2 Å². The number of pyridine rings is 1. The third kappa shape index (κ3) is 7.45. The maximum atomic E-state index is 14.0. The van der Waals surface area contributed by atoms with Crippen LogP contribution in [-0.4, -0.2) is 74.6 Å². The van der Waals surface area contributed by atoms with Crippen molar-refractivity contribution >= 4 is 47.2 Å². The number of hydrogen-bond acceptors (Lipinski definition) is 9. The highest BCUT2D eigenvalue weighted by Gasteiger charge is 2.33. The molecule has 2 aromatic carbocycles. The minimum Gasteiger partial charge on any atom is -0.484 e. The first-order valence-electron chi connectivity index (χ1n) is 17.2. The summed E-state index contributed by atoms with van der Waals surface area (Å²) in [6.45, 7) is 10.6. The summed E-state index contributed by atoms with van der Waals surface area (Å²) in [6, 6.07) is 17.7. The lowest BCUT2D eigenvalue weighted by molar-refractivity contribution is -0.129. The lowest BCUT2D eigenvalue weighted by atomic mass is 9.85. The third-order valence-electron chi connectivity index (χ3n) is 9.37. The number of hydroxylamine groups is 1. The molecule has 1 aliphatic heterocycles. The molecule has 1 saturated heterocycles. The molecule has 5 aromatic rings. The van der Waals surface area contributed by atoms with Crippen LogP contribution in [0.15, 0.2) is 66.9 Å². The first-order valence-corrected chi connectivity index (χ1v) is 18.0. The maximum absolute atomic E-state index is 14.0. The van der Waals surface area contributed by atoms with Crippen LogP contribution < -0.4 is 15.1 Å². The molecule has 1 N–H and O–H groups in total. The van der Waals surface area contributed by atoms with E-state index in [1.54, 1.807) is 33.3 Å². The minimum atomic E-state index is -0.580. The first-order chi connectivity index (χ1) is 25.1. The minimum absolute atomic E-state index is 0.256. The number of ether oxygens (including phenoxy) is 2. The molecule has 52 heavy (non-hydrogen) atoms. The van der Waals surface area contributed by atoms with Gasteiger partial charge in [0.05, 0.1) is 53.3 Å². The number of rotatable bonds is 10. The Balaban J connectivity index is 1.11. The molecule has 2 amide bonds. The van der Waals surface area contributed by atoms with E-state index >= 15 is 0 Å². The van der Waals surface area contributed by atoms with Gasteiger partial charge in [0.2, 0.25) is 0 Å². The fourth-order valence-corrected chi connectivity index (χ4v) is 7.20. The molecule has 272 valence electrons. The van der Waals surface area contributed by atoms with Gasteiger partial charge in [0.25, 0.3) is 0 Å². The van der Waals surface area contributed by atoms with Crippen molar-refractivity contribution in [3.05, 3.63) is 93.7 Å². The Labute approximate surface area is 311 Å². The van der Waals surface area contributed by atoms with E-state index in [4.69, 9.17) is 42.6 Å². The number of urea groups is 1. The summed E-state index contributed by atoms with van der Waals surface area (Å²) in [5.74, 6) is 1.47. The molecule has 15 heteroatoms. The molecule has 2 aliphatic rings. The molecule has 3 aromatic heterocycles. The zero-order valence-corrected chi connectivity index (χ0v) is 30.7. The van der Waals surface area contributed by atoms with Crippen LogP contribution in [0.25, 0.3) is 17.0 Å². The topological polar surface area (TPSA) is 128 Å². The van der Waals surface area contributed by atoms with Crippen LogP contribution in [0.2, 0.25) is 10.0 Å². The zero-order chi connectivity index (χ0) is 36.4. The van der Waals surface area contributed by atoms with Crippen molar-refractivity contribution in [2.45, 2.75) is 57.7 Å². The van der Waals surface area contributed by atoms with Crippen LogP contribution in [0.3, 0.4) is 0 Å². The molecular weight excluding hydrogens is 707 g/mol. The number of fused-ring (bicyclic) bond motifs is 2. The molecule has 0 saturated carbocycles. The lowest BCUT2D eigenvalue weighted by Crippen LogP contribution is -2.44. The predicted molar refractivity (Wildman–Crippen MR) is 197 cm³/mol. The van der Waals surface area contributed by atoms with Crippen molar-refractivity contribution in [3.8, 4) is 17.1 Å². The maximum Gasteiger partial charge on any atom is 0.357 e. The van der Waals surface area contributed by atoms with Gasteiger partial charge in [-0.25, -0.2) is 9.48 Å². The number of nitrogens with one attached hydrogen (secondary N) is 1. The number of anilines is 1. The SMILES string of the molecule is CC(C)(C)c1cc(N(OC=O)C(=O)N[C@H]2CC[C@@H](Oc3ccc4nnc(-c5c(Cl)cccc5Cl)n4c3)c3ccccc32)n(CCN2CCOCC2)n1. The predicted octanol–water partition coefficient (Wildman–Crippen LogP) is 6.79. The summed E-state index contributed by atoms with van der Waals surface area (Å²) in [5, 5.41) is 18.5. The Hall–Kier alpha value is -4.69. The van der Waals surface area contributed by atoms with Crippen molar-refractivity contribution in [3.63, 3.8) is 0 Å². The molecule has 7 rings (SSSR count). The summed E-state index contributed by atoms with van der Waals surface area (Å²) in [5.41, 5.74) is 3.51. The molecular formula is C37H40Cl2N8O5. The van der Waals surface area contributed by atoms with Crippen LogP contribution in [-0.2, 0) is 26.3 Å². The Bertz CT molecular complexity index is 2050. The Morgan fingerprint density at radius 2 is 1.75 bits per heavy atom. The second kappa shape index (κ2) is 15.1. The second-order valence-corrected chi connectivity index (χ2v) is 14.7. The number of hydrogen-bond donors (Lipinski definition) is 1. The number of benzene rings is 2. The monoisotopic (exact) mass is 746 g/mol. The zero-order valence-electron chi connectivity index (χ0n) is 29.2. The number of halogens is 2. The van der Waals surface area contributed by atoms with Crippen LogP contribution in [0.1, 0.15) is 62.6 Å². The van der Waals surface area contributed by atoms with Gasteiger partial charge in [0.15, 0.2) is 17.3 Å². The van der Waals surface area contributed by atoms with Crippen molar-refractivity contribution in [1.82, 2.24) is 34.6 Å². The van der Waals surface area contributed by atoms with Gasteiger partial charge in [-0.3, -0.25) is 14.1 Å². The molecule has 0 unspecified atom stereocenters. The summed E-state index contributed by atoms with van der Waals surface area (Å²) >= 11 is 13.0. The van der Waals surface area contributed by atoms with Crippen molar-refractivity contribution < 1.29 is 23.9 Å². The molecule has 1 aliphatic carbocycles. The van der Waals surface area contributed by atoms with E-state index in [2.05, 4.69) is 20.4 Å². The van der Waals surface area contributed by atoms with E-state index < -0.39 is 6.03 Å². The number of carbonyl (C=O) groups is 2. The highest BCUT2D eigenvalue weighted by molar-refractivity contribution is 6.39. The number of morpholine rings is 1. The average molecular weight is 748 g/mol. The van der Waals surface area contributed by atoms with E-state index in [1.165, 1.54) is 0 Å². The average Bonchev–Trinajstić information content (AvgIpc) is 3.76. The number of carbonyl (C=O) groups excluding carboxylic acids is 2. The van der Waals surface area contributed by atoms with E-state index in [1.807, 2.05) is 63.4 Å². The fourth-order valence-electron chi connectivity index (χ4n) is 6.63. The summed E-state index contributed by atoms with van der Waals surface area (Å²) in [6.07, 6.45) is 2.69. The van der Waals surface area contributed by atoms with Crippen LogP contribution in [0.5, 0.6) is 5.75 Å². The lowest BCUT2D eigenvalue weighted by Gasteiger charge is -2.33. The largest absolute Gasteiger partial charge is 0.484 e. The Kier molecular flexibility index (Phi) is 10.4. The van der Waals surface area contributed by atoms with Gasteiger partial charge >= 0.3 is 12.5 Å². The van der Waals surface area contributed by atoms with Gasteiger partial charge < -0.3 is 19.6 Å². The van der Waals surface area contributed by atoms with Gasteiger partial charge in [-0.15, -0.1) is 15.3 Å². The van der Waals surface area contributed by atoms with E-state index in [0.29, 0.717) is 77.8 Å². The smallest absolute Gasteiger partial charge is 0.357 e. The second-order valence-electron chi connectivity index (χ2n) is 13.8. The third-order valence-corrected chi connectivity index (χ3v) is 10.0. The van der Waals surface area contributed by atoms with Gasteiger partial charge in [-0.2, -0.15) is 5.10 Å². The Morgan fingerprint density at radius 3 is 2.48 bits per heavy atom. The highest BCUT2D eigenvalue weighted by Crippen LogP contribution is 2.40. The summed E-state index contributed by atoms with van der Waals surface area (Å²) < 4.78 is 15.6. The van der Waals surface area contributed by atoms with Crippen LogP contribution in [0, 0.1) is 0 Å². The van der Waals surface area contributed by atoms with E-state index in [0.717, 1.165) is 35.0 Å². The van der Waals surface area contributed by atoms with Crippen molar-refractivity contribution in [2.75, 3.05) is 37.9 Å². The quantitative estimate of drug-likeness (QED) is 0.121. The molecule has 0 radical (unpaired) electrons. The van der Waals surface area contributed by atoms with Gasteiger partial charge in [0.1, 0.15) is 11.9 Å². The highest BCUT2D eigenvalue weighted by atomic mass is 35.5. The summed E-state index contributed by atoms with van der Waals surface area (Å²) in [7, 11) is 0. The summed E-state index contributed by atoms with van der Waals surface area (Å²) in [4.78, 5) is 33.4. The van der Waals surface area contributed by atoms with Crippen LogP contribution in [0.4, 0.5) is 10.6 Å². The molecule has 4 heterocycles. The van der Waals surface area contributed by atoms with Crippen molar-refractivity contribution in [2.24, 2.45) is 0 Å². The Morgan fingerprint density at radius 1 is 1.00 bits per heavy atom. The molecule has 13 nitrogen and oxygen atoms in total. The molecule has 0 spiro atoms. The first kappa shape index (κ1) is 35.7. The van der Waals surface area contributed by atoms with Gasteiger partial charge in [0, 0.05) is 31.1 Å². The number of amides is 2. The van der Waals surface area contributed by atoms with E-state index in [-0.39, 0.29) is 24.0 Å². The number of nitrogens with zero attached hydrogens (tertiary/aromatic N) is 7. The fraction of sp³-hybridized carbons (Fsp3) is 0.378. The van der Waals surface area contributed by atoms with Gasteiger partial charge in [-0.1, -0.05) is 74.3 Å². The van der Waals surface area contributed by atoms with E-state index in [9.17, 15) is 9.59 Å².